The van der Waals surface area contributed by atoms with E-state index in [1.54, 1.807) is 18.0 Å². The summed E-state index contributed by atoms with van der Waals surface area (Å²) < 4.78 is 9.95. The highest BCUT2D eigenvalue weighted by Crippen LogP contribution is 2.21. The van der Waals surface area contributed by atoms with Gasteiger partial charge in [-0.1, -0.05) is 6.92 Å². The molecule has 0 N–H and O–H groups in total. The fraction of sp³-hybridized carbons (Fsp3) is 0.500. The number of carbonyl (C=O) groups excluding carboxylic acids is 2. The van der Waals surface area contributed by atoms with Crippen LogP contribution in [0, 0.1) is 0 Å². The van der Waals surface area contributed by atoms with Crippen LogP contribution in [0.15, 0.2) is 22.8 Å². The maximum atomic E-state index is 11.8. The van der Waals surface area contributed by atoms with Gasteiger partial charge in [-0.05, 0) is 12.1 Å². The average Bonchev–Trinajstić information content (AvgIpc) is 2.97. The van der Waals surface area contributed by atoms with Crippen molar-refractivity contribution < 1.29 is 18.7 Å². The van der Waals surface area contributed by atoms with Gasteiger partial charge in [0.15, 0.2) is 0 Å². The van der Waals surface area contributed by atoms with E-state index in [2.05, 4.69) is 0 Å². The number of imide groups is 1. The van der Waals surface area contributed by atoms with Crippen LogP contribution < -0.4 is 0 Å². The van der Waals surface area contributed by atoms with Crippen molar-refractivity contribution >= 4 is 23.8 Å². The highest BCUT2D eigenvalue weighted by Gasteiger charge is 2.29. The monoisotopic (exact) mass is 269 g/mol. The van der Waals surface area contributed by atoms with Crippen LogP contribution in [0.5, 0.6) is 0 Å². The van der Waals surface area contributed by atoms with E-state index in [4.69, 9.17) is 9.15 Å². The molecule has 98 valence electrons. The first kappa shape index (κ1) is 13.0. The normalized spacial score (nSPS) is 16.7. The molecule has 6 heteroatoms. The van der Waals surface area contributed by atoms with Gasteiger partial charge >= 0.3 is 6.09 Å². The van der Waals surface area contributed by atoms with E-state index in [0.717, 1.165) is 11.5 Å². The Balaban J connectivity index is 1.75. The Morgan fingerprint density at radius 2 is 2.44 bits per heavy atom. The van der Waals surface area contributed by atoms with Crippen molar-refractivity contribution in [2.75, 3.05) is 13.2 Å². The smallest absolute Gasteiger partial charge is 0.416 e. The molecule has 0 unspecified atom stereocenters. The molecule has 1 aromatic rings. The molecule has 0 aromatic carbocycles. The van der Waals surface area contributed by atoms with Gasteiger partial charge in [-0.25, -0.2) is 9.69 Å². The van der Waals surface area contributed by atoms with Gasteiger partial charge in [0, 0.05) is 11.7 Å². The standard InChI is InChI=1S/C12H15NO4S/c1-9(18-8-10-3-2-5-16-10)7-11(14)13-4-6-17-12(13)15/h2-3,5,9H,4,6-8H2,1H3/t9-/m0/s1. The van der Waals surface area contributed by atoms with Gasteiger partial charge < -0.3 is 9.15 Å². The van der Waals surface area contributed by atoms with E-state index >= 15 is 0 Å². The van der Waals surface area contributed by atoms with Crippen LogP contribution in [0.3, 0.4) is 0 Å². The number of amides is 2. The zero-order valence-electron chi connectivity index (χ0n) is 10.1. The SMILES string of the molecule is C[C@@H](CC(=O)N1CCOC1=O)SCc1ccco1. The lowest BCUT2D eigenvalue weighted by molar-refractivity contribution is -0.127. The third kappa shape index (κ3) is 3.29. The lowest BCUT2D eigenvalue weighted by atomic mass is 10.3. The first-order chi connectivity index (χ1) is 8.66. The highest BCUT2D eigenvalue weighted by atomic mass is 32.2. The van der Waals surface area contributed by atoms with E-state index < -0.39 is 6.09 Å². The molecule has 1 aliphatic heterocycles. The topological polar surface area (TPSA) is 59.8 Å². The van der Waals surface area contributed by atoms with Crippen molar-refractivity contribution in [1.29, 1.82) is 0 Å². The van der Waals surface area contributed by atoms with Crippen LogP contribution in [-0.2, 0) is 15.3 Å². The van der Waals surface area contributed by atoms with E-state index in [1.807, 2.05) is 19.1 Å². The molecule has 18 heavy (non-hydrogen) atoms. The Morgan fingerprint density at radius 3 is 3.06 bits per heavy atom. The second-order valence-electron chi connectivity index (χ2n) is 4.06. The molecule has 2 heterocycles. The molecule has 0 aliphatic carbocycles. The molecule has 1 aliphatic rings. The highest BCUT2D eigenvalue weighted by molar-refractivity contribution is 7.99. The maximum absolute atomic E-state index is 11.8. The maximum Gasteiger partial charge on any atom is 0.416 e. The number of hydrogen-bond donors (Lipinski definition) is 0. The number of hydrogen-bond acceptors (Lipinski definition) is 5. The molecule has 1 saturated heterocycles. The van der Waals surface area contributed by atoms with Crippen molar-refractivity contribution in [1.82, 2.24) is 4.90 Å². The number of furan rings is 1. The molecule has 1 fully saturated rings. The van der Waals surface area contributed by atoms with Gasteiger partial charge in [0.05, 0.1) is 18.6 Å². The van der Waals surface area contributed by atoms with Gasteiger partial charge in [0.25, 0.3) is 0 Å². The van der Waals surface area contributed by atoms with Crippen molar-refractivity contribution in [3.63, 3.8) is 0 Å². The Kier molecular flexibility index (Phi) is 4.30. The molecule has 2 amide bonds. The van der Waals surface area contributed by atoms with Crippen molar-refractivity contribution in [2.24, 2.45) is 0 Å². The van der Waals surface area contributed by atoms with Gasteiger partial charge in [-0.15, -0.1) is 0 Å². The molecule has 0 saturated carbocycles. The summed E-state index contributed by atoms with van der Waals surface area (Å²) in [5.74, 6) is 1.45. The number of nitrogens with zero attached hydrogens (tertiary/aromatic N) is 1. The summed E-state index contributed by atoms with van der Waals surface area (Å²) in [5.41, 5.74) is 0. The first-order valence-corrected chi connectivity index (χ1v) is 6.83. The average molecular weight is 269 g/mol. The summed E-state index contributed by atoms with van der Waals surface area (Å²) in [6.07, 6.45) is 1.44. The summed E-state index contributed by atoms with van der Waals surface area (Å²) >= 11 is 1.63. The Morgan fingerprint density at radius 1 is 1.61 bits per heavy atom. The lowest BCUT2D eigenvalue weighted by Crippen LogP contribution is -2.33. The van der Waals surface area contributed by atoms with Crippen LogP contribution in [0.4, 0.5) is 4.79 Å². The molecular formula is C12H15NO4S. The molecular weight excluding hydrogens is 254 g/mol. The van der Waals surface area contributed by atoms with E-state index in [-0.39, 0.29) is 11.2 Å². The summed E-state index contributed by atoms with van der Waals surface area (Å²) in [4.78, 5) is 24.2. The Bertz CT molecular complexity index is 418. The van der Waals surface area contributed by atoms with Crippen LogP contribution in [0.2, 0.25) is 0 Å². The van der Waals surface area contributed by atoms with Gasteiger partial charge in [-0.3, -0.25) is 4.79 Å². The Hall–Kier alpha value is -1.43. The fourth-order valence-electron chi connectivity index (χ4n) is 1.65. The molecule has 0 radical (unpaired) electrons. The summed E-state index contributed by atoms with van der Waals surface area (Å²) in [6, 6.07) is 3.74. The minimum Gasteiger partial charge on any atom is -0.468 e. The summed E-state index contributed by atoms with van der Waals surface area (Å²) in [5, 5.41) is 0.135. The predicted octanol–water partition coefficient (Wildman–Crippen LogP) is 2.27. The molecule has 1 aromatic heterocycles. The summed E-state index contributed by atoms with van der Waals surface area (Å²) in [7, 11) is 0. The number of ether oxygens (including phenoxy) is 1. The van der Waals surface area contributed by atoms with Crippen molar-refractivity contribution in [3.05, 3.63) is 24.2 Å². The van der Waals surface area contributed by atoms with E-state index in [9.17, 15) is 9.59 Å². The van der Waals surface area contributed by atoms with E-state index in [0.29, 0.717) is 19.6 Å². The zero-order valence-corrected chi connectivity index (χ0v) is 10.9. The number of thioether (sulfide) groups is 1. The predicted molar refractivity (Wildman–Crippen MR) is 67.1 cm³/mol. The zero-order chi connectivity index (χ0) is 13.0. The van der Waals surface area contributed by atoms with Crippen molar-refractivity contribution in [3.8, 4) is 0 Å². The third-order valence-electron chi connectivity index (χ3n) is 2.61. The quantitative estimate of drug-likeness (QED) is 0.820. The fourth-order valence-corrected chi connectivity index (χ4v) is 2.53. The molecule has 2 rings (SSSR count). The van der Waals surface area contributed by atoms with Gasteiger partial charge in [0.1, 0.15) is 12.4 Å². The van der Waals surface area contributed by atoms with Crippen LogP contribution >= 0.6 is 11.8 Å². The largest absolute Gasteiger partial charge is 0.468 e. The van der Waals surface area contributed by atoms with Gasteiger partial charge in [-0.2, -0.15) is 11.8 Å². The van der Waals surface area contributed by atoms with Crippen LogP contribution in [0.1, 0.15) is 19.1 Å². The number of rotatable bonds is 5. The second-order valence-corrected chi connectivity index (χ2v) is 5.49. The number of cyclic esters (lactones) is 1. The number of carbonyl (C=O) groups is 2. The Labute approximate surface area is 109 Å². The minimum absolute atomic E-state index is 0.135. The summed E-state index contributed by atoms with van der Waals surface area (Å²) in [6.45, 7) is 2.64. The lowest BCUT2D eigenvalue weighted by Gasteiger charge is -2.14. The molecule has 1 atom stereocenters. The van der Waals surface area contributed by atoms with Gasteiger partial charge in [0.2, 0.25) is 5.91 Å². The molecule has 5 nitrogen and oxygen atoms in total. The third-order valence-corrected chi connectivity index (χ3v) is 3.80. The van der Waals surface area contributed by atoms with Crippen molar-refractivity contribution in [2.45, 2.75) is 24.3 Å². The molecule has 0 bridgehead atoms. The second kappa shape index (κ2) is 5.95. The van der Waals surface area contributed by atoms with E-state index in [1.165, 1.54) is 4.90 Å². The first-order valence-electron chi connectivity index (χ1n) is 5.78. The minimum atomic E-state index is -0.525. The van der Waals surface area contributed by atoms with Crippen LogP contribution in [-0.4, -0.2) is 35.3 Å². The molecule has 0 spiro atoms. The van der Waals surface area contributed by atoms with Crippen LogP contribution in [0.25, 0.3) is 0 Å².